The molecule has 7 heteroatoms. The Kier molecular flexibility index (Phi) is 3.46. The van der Waals surface area contributed by atoms with E-state index in [-0.39, 0.29) is 0 Å². The van der Waals surface area contributed by atoms with E-state index >= 15 is 0 Å². The van der Waals surface area contributed by atoms with Crippen molar-refractivity contribution in [2.24, 2.45) is 0 Å². The van der Waals surface area contributed by atoms with Crippen molar-refractivity contribution in [3.05, 3.63) is 0 Å². The third kappa shape index (κ3) is 2.43. The SMILES string of the molecule is COC(=O)[C@H]1C[NH2+]CCN1S(C)(=O)=O. The molecule has 0 spiro atoms. The number of sulfonamides is 1. The number of carbonyl (C=O) groups excluding carboxylic acids is 1. The lowest BCUT2D eigenvalue weighted by molar-refractivity contribution is -0.665. The molecule has 0 aromatic carbocycles. The minimum atomic E-state index is -3.32. The first-order valence-electron chi connectivity index (χ1n) is 4.33. The first-order chi connectivity index (χ1) is 6.46. The van der Waals surface area contributed by atoms with E-state index in [9.17, 15) is 13.2 Å². The van der Waals surface area contributed by atoms with Crippen molar-refractivity contribution < 1.29 is 23.3 Å². The summed E-state index contributed by atoms with van der Waals surface area (Å²) in [7, 11) is -2.06. The Morgan fingerprint density at radius 1 is 1.57 bits per heavy atom. The fraction of sp³-hybridized carbons (Fsp3) is 0.857. The zero-order chi connectivity index (χ0) is 10.8. The van der Waals surface area contributed by atoms with Gasteiger partial charge < -0.3 is 10.1 Å². The molecule has 0 amide bonds. The van der Waals surface area contributed by atoms with Crippen LogP contribution in [0.1, 0.15) is 0 Å². The molecule has 1 aliphatic rings. The molecule has 6 nitrogen and oxygen atoms in total. The first-order valence-corrected chi connectivity index (χ1v) is 6.18. The number of quaternary nitrogens is 1. The quantitative estimate of drug-likeness (QED) is 0.519. The Labute approximate surface area is 83.3 Å². The third-order valence-electron chi connectivity index (χ3n) is 2.19. The molecule has 0 aliphatic carbocycles. The average molecular weight is 223 g/mol. The second-order valence-corrected chi connectivity index (χ2v) is 5.16. The Morgan fingerprint density at radius 2 is 2.21 bits per heavy atom. The zero-order valence-electron chi connectivity index (χ0n) is 8.26. The van der Waals surface area contributed by atoms with Gasteiger partial charge in [-0.05, 0) is 0 Å². The fourth-order valence-electron chi connectivity index (χ4n) is 1.51. The molecule has 0 aromatic rings. The molecule has 0 aromatic heterocycles. The van der Waals surface area contributed by atoms with Crippen LogP contribution in [0.4, 0.5) is 0 Å². The van der Waals surface area contributed by atoms with E-state index in [1.807, 2.05) is 5.32 Å². The Balaban J connectivity index is 2.85. The number of hydrogen-bond donors (Lipinski definition) is 1. The zero-order valence-corrected chi connectivity index (χ0v) is 9.08. The van der Waals surface area contributed by atoms with Gasteiger partial charge in [-0.2, -0.15) is 4.31 Å². The summed E-state index contributed by atoms with van der Waals surface area (Å²) in [6.07, 6.45) is 1.11. The van der Waals surface area contributed by atoms with Gasteiger partial charge in [0, 0.05) is 0 Å². The van der Waals surface area contributed by atoms with E-state index in [1.165, 1.54) is 11.4 Å². The highest BCUT2D eigenvalue weighted by molar-refractivity contribution is 7.88. The molecule has 0 saturated carbocycles. The number of rotatable bonds is 2. The topological polar surface area (TPSA) is 80.3 Å². The molecular formula is C7H15N2O4S+. The monoisotopic (exact) mass is 223 g/mol. The van der Waals surface area contributed by atoms with Crippen LogP contribution in [0.2, 0.25) is 0 Å². The largest absolute Gasteiger partial charge is 0.468 e. The van der Waals surface area contributed by atoms with Crippen LogP contribution in [0, 0.1) is 0 Å². The first kappa shape index (κ1) is 11.4. The maximum Gasteiger partial charge on any atom is 0.330 e. The number of esters is 1. The van der Waals surface area contributed by atoms with Gasteiger partial charge in [0.1, 0.15) is 6.54 Å². The van der Waals surface area contributed by atoms with Gasteiger partial charge in [0.2, 0.25) is 10.0 Å². The van der Waals surface area contributed by atoms with Crippen LogP contribution in [-0.4, -0.2) is 57.7 Å². The van der Waals surface area contributed by atoms with Crippen molar-refractivity contribution in [3.63, 3.8) is 0 Å². The molecule has 1 heterocycles. The van der Waals surface area contributed by atoms with Gasteiger partial charge in [-0.1, -0.05) is 0 Å². The van der Waals surface area contributed by atoms with Crippen molar-refractivity contribution in [2.75, 3.05) is 33.0 Å². The molecule has 1 aliphatic heterocycles. The van der Waals surface area contributed by atoms with Crippen molar-refractivity contribution in [3.8, 4) is 0 Å². The van der Waals surface area contributed by atoms with E-state index in [2.05, 4.69) is 4.74 Å². The van der Waals surface area contributed by atoms with E-state index in [0.717, 1.165) is 6.26 Å². The summed E-state index contributed by atoms with van der Waals surface area (Å²) >= 11 is 0. The second kappa shape index (κ2) is 4.24. The molecule has 1 atom stereocenters. The van der Waals surface area contributed by atoms with E-state index in [1.54, 1.807) is 0 Å². The van der Waals surface area contributed by atoms with Crippen molar-refractivity contribution >= 4 is 16.0 Å². The number of hydrogen-bond acceptors (Lipinski definition) is 4. The Bertz CT molecular complexity index is 314. The number of nitrogens with two attached hydrogens (primary N) is 1. The van der Waals surface area contributed by atoms with Gasteiger partial charge in [0.05, 0.1) is 26.5 Å². The summed E-state index contributed by atoms with van der Waals surface area (Å²) in [6.45, 7) is 1.47. The summed E-state index contributed by atoms with van der Waals surface area (Å²) in [4.78, 5) is 11.3. The summed E-state index contributed by atoms with van der Waals surface area (Å²) < 4.78 is 28.4. The number of piperazine rings is 1. The van der Waals surface area contributed by atoms with Crippen LogP contribution in [0.25, 0.3) is 0 Å². The maximum absolute atomic E-state index is 11.3. The summed E-state index contributed by atoms with van der Waals surface area (Å²) in [5.41, 5.74) is 0. The third-order valence-corrected chi connectivity index (χ3v) is 3.48. The molecule has 0 unspecified atom stereocenters. The highest BCUT2D eigenvalue weighted by Crippen LogP contribution is 2.07. The molecule has 14 heavy (non-hydrogen) atoms. The van der Waals surface area contributed by atoms with Gasteiger partial charge >= 0.3 is 5.97 Å². The molecule has 0 bridgehead atoms. The van der Waals surface area contributed by atoms with E-state index in [0.29, 0.717) is 19.6 Å². The molecule has 0 radical (unpaired) electrons. The lowest BCUT2D eigenvalue weighted by atomic mass is 10.2. The Hall–Kier alpha value is -0.660. The average Bonchev–Trinajstić information content (AvgIpc) is 2.15. The smallest absolute Gasteiger partial charge is 0.330 e. The molecule has 1 fully saturated rings. The standard InChI is InChI=1S/C7H14N2O4S/c1-13-7(10)6-5-8-3-4-9(6)14(2,11)12/h6,8H,3-5H2,1-2H3/p+1/t6-/m1/s1. The number of nitrogens with zero attached hydrogens (tertiary/aromatic N) is 1. The molecule has 82 valence electrons. The lowest BCUT2D eigenvalue weighted by Gasteiger charge is -2.29. The van der Waals surface area contributed by atoms with Crippen LogP contribution >= 0.6 is 0 Å². The van der Waals surface area contributed by atoms with Crippen LogP contribution in [-0.2, 0) is 19.6 Å². The van der Waals surface area contributed by atoms with E-state index < -0.39 is 22.0 Å². The highest BCUT2D eigenvalue weighted by Gasteiger charge is 2.37. The highest BCUT2D eigenvalue weighted by atomic mass is 32.2. The predicted octanol–water partition coefficient (Wildman–Crippen LogP) is -2.63. The molecule has 1 rings (SSSR count). The summed E-state index contributed by atoms with van der Waals surface area (Å²) in [6, 6.07) is -0.677. The molecule has 2 N–H and O–H groups in total. The van der Waals surface area contributed by atoms with Gasteiger partial charge in [-0.3, -0.25) is 4.79 Å². The van der Waals surface area contributed by atoms with Crippen molar-refractivity contribution in [1.82, 2.24) is 4.31 Å². The van der Waals surface area contributed by atoms with Gasteiger partial charge in [0.15, 0.2) is 6.04 Å². The Morgan fingerprint density at radius 3 is 2.71 bits per heavy atom. The van der Waals surface area contributed by atoms with Gasteiger partial charge in [-0.15, -0.1) is 0 Å². The van der Waals surface area contributed by atoms with Crippen LogP contribution in [0.5, 0.6) is 0 Å². The van der Waals surface area contributed by atoms with Gasteiger partial charge in [0.25, 0.3) is 0 Å². The molecular weight excluding hydrogens is 208 g/mol. The van der Waals surface area contributed by atoms with Gasteiger partial charge in [-0.25, -0.2) is 8.42 Å². The summed E-state index contributed by atoms with van der Waals surface area (Å²) in [5.74, 6) is -0.494. The normalized spacial score (nSPS) is 24.6. The van der Waals surface area contributed by atoms with Crippen molar-refractivity contribution in [2.45, 2.75) is 6.04 Å². The minimum Gasteiger partial charge on any atom is -0.468 e. The lowest BCUT2D eigenvalue weighted by Crippen LogP contribution is -2.92. The van der Waals surface area contributed by atoms with Crippen LogP contribution in [0.3, 0.4) is 0 Å². The number of ether oxygens (including phenoxy) is 1. The van der Waals surface area contributed by atoms with Crippen LogP contribution < -0.4 is 5.32 Å². The minimum absolute atomic E-state index is 0.360. The van der Waals surface area contributed by atoms with E-state index in [4.69, 9.17) is 0 Å². The van der Waals surface area contributed by atoms with Crippen LogP contribution in [0.15, 0.2) is 0 Å². The molecule has 1 saturated heterocycles. The number of methoxy groups -OCH3 is 1. The maximum atomic E-state index is 11.3. The predicted molar refractivity (Wildman–Crippen MR) is 49.0 cm³/mol. The van der Waals surface area contributed by atoms with Crippen molar-refractivity contribution in [1.29, 1.82) is 0 Å². The second-order valence-electron chi connectivity index (χ2n) is 3.23. The number of carbonyl (C=O) groups is 1. The summed E-state index contributed by atoms with van der Waals surface area (Å²) in [5, 5.41) is 1.91. The fourth-order valence-corrected chi connectivity index (χ4v) is 2.59.